The summed E-state index contributed by atoms with van der Waals surface area (Å²) in [5.41, 5.74) is 6.44. The van der Waals surface area contributed by atoms with Crippen LogP contribution in [0.25, 0.3) is 15.7 Å². The average molecular weight is 294 g/mol. The molecule has 3 aromatic heterocycles. The van der Waals surface area contributed by atoms with Crippen LogP contribution in [-0.4, -0.2) is 31.3 Å². The molecule has 0 aliphatic rings. The van der Waals surface area contributed by atoms with Gasteiger partial charge in [0.05, 0.1) is 5.01 Å². The maximum absolute atomic E-state index is 5.54. The summed E-state index contributed by atoms with van der Waals surface area (Å²) in [4.78, 5) is 5.36. The molecule has 3 aromatic rings. The molecule has 0 aromatic carbocycles. The quantitative estimate of drug-likeness (QED) is 0.795. The van der Waals surface area contributed by atoms with E-state index in [1.807, 2.05) is 9.90 Å². The molecule has 0 radical (unpaired) electrons. The summed E-state index contributed by atoms with van der Waals surface area (Å²) in [6.45, 7) is 4.78. The van der Waals surface area contributed by atoms with Gasteiger partial charge in [-0.15, -0.1) is 21.5 Å². The van der Waals surface area contributed by atoms with Gasteiger partial charge in [0.15, 0.2) is 10.8 Å². The molecule has 0 saturated carbocycles. The molecule has 6 nitrogen and oxygen atoms in total. The number of thiazole rings is 1. The summed E-state index contributed by atoms with van der Waals surface area (Å²) in [6, 6.07) is 0. The molecule has 8 heteroatoms. The zero-order valence-corrected chi connectivity index (χ0v) is 12.3. The van der Waals surface area contributed by atoms with E-state index >= 15 is 0 Å². The van der Waals surface area contributed by atoms with Crippen LogP contribution in [0.1, 0.15) is 30.6 Å². The SMILES string of the molecule is CC(C)c1nnc2sc(-c3csc(CCN)n3)nn12. The Morgan fingerprint density at radius 3 is 2.95 bits per heavy atom. The van der Waals surface area contributed by atoms with Crippen molar-refractivity contribution in [2.45, 2.75) is 26.2 Å². The highest BCUT2D eigenvalue weighted by atomic mass is 32.1. The van der Waals surface area contributed by atoms with Crippen LogP contribution in [0.15, 0.2) is 5.38 Å². The summed E-state index contributed by atoms with van der Waals surface area (Å²) < 4.78 is 1.81. The average Bonchev–Trinajstić information content (AvgIpc) is 3.00. The van der Waals surface area contributed by atoms with Crippen molar-refractivity contribution in [2.75, 3.05) is 6.54 Å². The second-order valence-electron chi connectivity index (χ2n) is 4.48. The van der Waals surface area contributed by atoms with Crippen molar-refractivity contribution in [1.29, 1.82) is 0 Å². The third kappa shape index (κ3) is 2.26. The number of aromatic nitrogens is 5. The highest BCUT2D eigenvalue weighted by Gasteiger charge is 2.16. The molecule has 0 unspecified atom stereocenters. The van der Waals surface area contributed by atoms with E-state index in [4.69, 9.17) is 5.73 Å². The second-order valence-corrected chi connectivity index (χ2v) is 6.38. The Hall–Kier alpha value is -1.38. The van der Waals surface area contributed by atoms with E-state index in [2.05, 4.69) is 34.1 Å². The van der Waals surface area contributed by atoms with Gasteiger partial charge < -0.3 is 5.73 Å². The van der Waals surface area contributed by atoms with Gasteiger partial charge in [0.25, 0.3) is 0 Å². The number of fused-ring (bicyclic) bond motifs is 1. The lowest BCUT2D eigenvalue weighted by Crippen LogP contribution is -2.02. The molecule has 0 atom stereocenters. The molecule has 3 heterocycles. The minimum Gasteiger partial charge on any atom is -0.330 e. The summed E-state index contributed by atoms with van der Waals surface area (Å²) >= 11 is 3.13. The molecule has 100 valence electrons. The number of nitrogens with zero attached hydrogens (tertiary/aromatic N) is 5. The maximum Gasteiger partial charge on any atom is 0.235 e. The van der Waals surface area contributed by atoms with E-state index in [0.717, 1.165) is 32.9 Å². The predicted molar refractivity (Wildman–Crippen MR) is 76.6 cm³/mol. The van der Waals surface area contributed by atoms with Crippen molar-refractivity contribution in [1.82, 2.24) is 24.8 Å². The van der Waals surface area contributed by atoms with Crippen LogP contribution < -0.4 is 5.73 Å². The summed E-state index contributed by atoms with van der Waals surface area (Å²) in [5.74, 6) is 1.18. The van der Waals surface area contributed by atoms with E-state index < -0.39 is 0 Å². The first kappa shape index (κ1) is 12.6. The zero-order valence-electron chi connectivity index (χ0n) is 10.7. The van der Waals surface area contributed by atoms with E-state index in [1.54, 1.807) is 11.3 Å². The van der Waals surface area contributed by atoms with Gasteiger partial charge in [-0.05, 0) is 6.54 Å². The standard InChI is InChI=1S/C11H14N6S2/c1-6(2)9-14-15-11-17(9)16-10(19-11)7-5-18-8(13-7)3-4-12/h5-6H,3-4,12H2,1-2H3. The molecule has 0 amide bonds. The molecular weight excluding hydrogens is 280 g/mol. The molecule has 0 aliphatic heterocycles. The topological polar surface area (TPSA) is 82.0 Å². The van der Waals surface area contributed by atoms with Crippen LogP contribution in [0.4, 0.5) is 0 Å². The van der Waals surface area contributed by atoms with Gasteiger partial charge >= 0.3 is 0 Å². The van der Waals surface area contributed by atoms with Crippen LogP contribution in [0.2, 0.25) is 0 Å². The lowest BCUT2D eigenvalue weighted by atomic mass is 10.2. The predicted octanol–water partition coefficient (Wildman–Crippen LogP) is 1.93. The molecular formula is C11H14N6S2. The third-order valence-corrected chi connectivity index (χ3v) is 4.49. The number of rotatable bonds is 4. The number of hydrogen-bond acceptors (Lipinski definition) is 7. The van der Waals surface area contributed by atoms with Crippen LogP contribution in [-0.2, 0) is 6.42 Å². The van der Waals surface area contributed by atoms with Crippen LogP contribution in [0, 0.1) is 0 Å². The fraction of sp³-hybridized carbons (Fsp3) is 0.455. The van der Waals surface area contributed by atoms with Crippen LogP contribution >= 0.6 is 22.7 Å². The Labute approximate surface area is 118 Å². The summed E-state index contributed by atoms with van der Waals surface area (Å²) in [5, 5.41) is 16.8. The fourth-order valence-corrected chi connectivity index (χ4v) is 3.42. The minimum absolute atomic E-state index is 0.299. The number of hydrogen-bond donors (Lipinski definition) is 1. The minimum atomic E-state index is 0.299. The van der Waals surface area contributed by atoms with Crippen LogP contribution in [0.3, 0.4) is 0 Å². The third-order valence-electron chi connectivity index (χ3n) is 2.66. The van der Waals surface area contributed by atoms with Crippen molar-refractivity contribution in [3.05, 3.63) is 16.2 Å². The highest BCUT2D eigenvalue weighted by molar-refractivity contribution is 7.20. The molecule has 19 heavy (non-hydrogen) atoms. The number of nitrogens with two attached hydrogens (primary N) is 1. The van der Waals surface area contributed by atoms with Crippen molar-refractivity contribution in [3.63, 3.8) is 0 Å². The maximum atomic E-state index is 5.54. The molecule has 0 aliphatic carbocycles. The first-order chi connectivity index (χ1) is 9.19. The summed E-state index contributed by atoms with van der Waals surface area (Å²) in [6.07, 6.45) is 0.811. The molecule has 0 saturated heterocycles. The first-order valence-electron chi connectivity index (χ1n) is 6.06. The van der Waals surface area contributed by atoms with Gasteiger partial charge in [-0.25, -0.2) is 4.98 Å². The van der Waals surface area contributed by atoms with Crippen LogP contribution in [0.5, 0.6) is 0 Å². The molecule has 2 N–H and O–H groups in total. The molecule has 0 bridgehead atoms. The van der Waals surface area contributed by atoms with E-state index in [9.17, 15) is 0 Å². The van der Waals surface area contributed by atoms with Gasteiger partial charge in [-0.1, -0.05) is 25.2 Å². The highest BCUT2D eigenvalue weighted by Crippen LogP contribution is 2.27. The van der Waals surface area contributed by atoms with Crippen molar-refractivity contribution >= 4 is 27.6 Å². The Bertz CT molecular complexity index is 695. The van der Waals surface area contributed by atoms with Gasteiger partial charge in [0, 0.05) is 17.7 Å². The normalized spacial score (nSPS) is 11.8. The van der Waals surface area contributed by atoms with Crippen molar-refractivity contribution in [3.8, 4) is 10.7 Å². The molecule has 0 spiro atoms. The zero-order chi connectivity index (χ0) is 13.4. The second kappa shape index (κ2) is 4.95. The molecule has 3 rings (SSSR count). The van der Waals surface area contributed by atoms with Gasteiger partial charge in [-0.3, -0.25) is 0 Å². The Kier molecular flexibility index (Phi) is 3.29. The Morgan fingerprint density at radius 2 is 2.21 bits per heavy atom. The van der Waals surface area contributed by atoms with E-state index in [0.29, 0.717) is 12.5 Å². The monoisotopic (exact) mass is 294 g/mol. The van der Waals surface area contributed by atoms with Gasteiger partial charge in [0.2, 0.25) is 4.96 Å². The lowest BCUT2D eigenvalue weighted by Gasteiger charge is -1.97. The van der Waals surface area contributed by atoms with E-state index in [-0.39, 0.29) is 0 Å². The van der Waals surface area contributed by atoms with Gasteiger partial charge in [-0.2, -0.15) is 9.61 Å². The first-order valence-corrected chi connectivity index (χ1v) is 7.75. The van der Waals surface area contributed by atoms with Crippen molar-refractivity contribution < 1.29 is 0 Å². The molecule has 0 fully saturated rings. The van der Waals surface area contributed by atoms with Crippen molar-refractivity contribution in [2.24, 2.45) is 5.73 Å². The Morgan fingerprint density at radius 1 is 1.37 bits per heavy atom. The van der Waals surface area contributed by atoms with Gasteiger partial charge in [0.1, 0.15) is 5.69 Å². The largest absolute Gasteiger partial charge is 0.330 e. The fourth-order valence-electron chi connectivity index (χ4n) is 1.74. The summed E-state index contributed by atoms with van der Waals surface area (Å²) in [7, 11) is 0. The van der Waals surface area contributed by atoms with E-state index in [1.165, 1.54) is 11.3 Å². The lowest BCUT2D eigenvalue weighted by molar-refractivity contribution is 0.726. The smallest absolute Gasteiger partial charge is 0.235 e. The Balaban J connectivity index is 2.00.